The molecule has 152 valence electrons. The van der Waals surface area contributed by atoms with Crippen molar-refractivity contribution >= 4 is 34.2 Å². The summed E-state index contributed by atoms with van der Waals surface area (Å²) >= 11 is 6.15. The van der Waals surface area contributed by atoms with Crippen LogP contribution in [0.5, 0.6) is 0 Å². The summed E-state index contributed by atoms with van der Waals surface area (Å²) in [6, 6.07) is 16.2. The standard InChI is InChI=1S/C23H27ClN4O/c1-16(2)28-20-11-6-5-10-19(20)26-23(28)21-12-7-14-27(21)15-13-22(29)25-18-9-4-3-8-17(18)24/h3-6,8-11,16,21H,7,12-15H2,1-2H3,(H,25,29)/t21-/m1/s1. The zero-order valence-electron chi connectivity index (χ0n) is 16.9. The van der Waals surface area contributed by atoms with Crippen molar-refractivity contribution in [3.05, 3.63) is 59.4 Å². The van der Waals surface area contributed by atoms with Gasteiger partial charge < -0.3 is 9.88 Å². The zero-order valence-corrected chi connectivity index (χ0v) is 17.7. The first kappa shape index (κ1) is 19.9. The maximum Gasteiger partial charge on any atom is 0.225 e. The minimum absolute atomic E-state index is 0.0129. The number of rotatable bonds is 6. The van der Waals surface area contributed by atoms with E-state index in [0.29, 0.717) is 29.7 Å². The number of fused-ring (bicyclic) bond motifs is 1. The van der Waals surface area contributed by atoms with Gasteiger partial charge in [-0.25, -0.2) is 4.98 Å². The Kier molecular flexibility index (Phi) is 5.88. The number of hydrogen-bond acceptors (Lipinski definition) is 3. The summed E-state index contributed by atoms with van der Waals surface area (Å²) in [6.45, 7) is 6.11. The van der Waals surface area contributed by atoms with Crippen LogP contribution >= 0.6 is 11.6 Å². The number of imidazole rings is 1. The Labute approximate surface area is 176 Å². The number of likely N-dealkylation sites (tertiary alicyclic amines) is 1. The van der Waals surface area contributed by atoms with Gasteiger partial charge in [-0.2, -0.15) is 0 Å². The Morgan fingerprint density at radius 2 is 1.97 bits per heavy atom. The van der Waals surface area contributed by atoms with Crippen LogP contribution < -0.4 is 5.32 Å². The van der Waals surface area contributed by atoms with Gasteiger partial charge in [0.25, 0.3) is 0 Å². The highest BCUT2D eigenvalue weighted by Crippen LogP contribution is 2.35. The summed E-state index contributed by atoms with van der Waals surface area (Å²) in [7, 11) is 0. The highest BCUT2D eigenvalue weighted by molar-refractivity contribution is 6.33. The fourth-order valence-electron chi connectivity index (χ4n) is 4.25. The quantitative estimate of drug-likeness (QED) is 0.588. The van der Waals surface area contributed by atoms with Crippen LogP contribution in [0.1, 0.15) is 51.0 Å². The molecule has 0 spiro atoms. The van der Waals surface area contributed by atoms with E-state index in [0.717, 1.165) is 30.7 Å². The number of para-hydroxylation sites is 3. The van der Waals surface area contributed by atoms with E-state index in [1.54, 1.807) is 6.07 Å². The molecule has 1 amide bonds. The average Bonchev–Trinajstić information content (AvgIpc) is 3.32. The van der Waals surface area contributed by atoms with Crippen LogP contribution in [0, 0.1) is 0 Å². The number of aromatic nitrogens is 2. The predicted octanol–water partition coefficient (Wildman–Crippen LogP) is 5.44. The first-order valence-corrected chi connectivity index (χ1v) is 10.7. The molecule has 6 heteroatoms. The molecule has 5 nitrogen and oxygen atoms in total. The van der Waals surface area contributed by atoms with Crippen molar-refractivity contribution in [2.75, 3.05) is 18.4 Å². The lowest BCUT2D eigenvalue weighted by atomic mass is 10.2. The summed E-state index contributed by atoms with van der Waals surface area (Å²) in [5.74, 6) is 1.10. The molecule has 1 aromatic heterocycles. The number of benzene rings is 2. The van der Waals surface area contributed by atoms with E-state index in [2.05, 4.69) is 46.8 Å². The molecule has 3 aromatic rings. The third-order valence-electron chi connectivity index (χ3n) is 5.58. The molecule has 1 N–H and O–H groups in total. The largest absolute Gasteiger partial charge is 0.325 e. The fourth-order valence-corrected chi connectivity index (χ4v) is 4.43. The van der Waals surface area contributed by atoms with Crippen LogP contribution in [0.15, 0.2) is 48.5 Å². The number of carbonyl (C=O) groups excluding carboxylic acids is 1. The SMILES string of the molecule is CC(C)n1c([C@H]2CCCN2CCC(=O)Nc2ccccc2Cl)nc2ccccc21. The predicted molar refractivity (Wildman–Crippen MR) is 118 cm³/mol. The molecule has 1 aliphatic heterocycles. The second-order valence-corrected chi connectivity index (χ2v) is 8.30. The van der Waals surface area contributed by atoms with Crippen LogP contribution in [-0.2, 0) is 4.79 Å². The normalized spacial score (nSPS) is 17.3. The topological polar surface area (TPSA) is 50.2 Å². The van der Waals surface area contributed by atoms with Gasteiger partial charge in [-0.1, -0.05) is 35.9 Å². The zero-order chi connectivity index (χ0) is 20.4. The van der Waals surface area contributed by atoms with E-state index in [1.165, 1.54) is 5.52 Å². The summed E-state index contributed by atoms with van der Waals surface area (Å²) < 4.78 is 2.35. The molecule has 1 fully saturated rings. The van der Waals surface area contributed by atoms with Crippen LogP contribution in [0.4, 0.5) is 5.69 Å². The number of halogens is 1. The highest BCUT2D eigenvalue weighted by atomic mass is 35.5. The number of amides is 1. The number of nitrogens with one attached hydrogen (secondary N) is 1. The Morgan fingerprint density at radius 3 is 2.76 bits per heavy atom. The number of hydrogen-bond donors (Lipinski definition) is 1. The molecule has 0 bridgehead atoms. The van der Waals surface area contributed by atoms with Crippen LogP contribution in [0.3, 0.4) is 0 Å². The summed E-state index contributed by atoms with van der Waals surface area (Å²) in [4.78, 5) is 19.8. The number of carbonyl (C=O) groups is 1. The van der Waals surface area contributed by atoms with Gasteiger partial charge in [-0.15, -0.1) is 0 Å². The third-order valence-corrected chi connectivity index (χ3v) is 5.90. The van der Waals surface area contributed by atoms with Crippen molar-refractivity contribution in [2.45, 2.75) is 45.2 Å². The van der Waals surface area contributed by atoms with Crippen molar-refractivity contribution in [1.82, 2.24) is 14.5 Å². The number of anilines is 1. The summed E-state index contributed by atoms with van der Waals surface area (Å²) in [5, 5.41) is 3.48. The van der Waals surface area contributed by atoms with Crippen molar-refractivity contribution in [2.24, 2.45) is 0 Å². The Hall–Kier alpha value is -2.37. The first-order valence-electron chi connectivity index (χ1n) is 10.3. The van der Waals surface area contributed by atoms with Gasteiger partial charge in [-0.3, -0.25) is 9.69 Å². The van der Waals surface area contributed by atoms with Gasteiger partial charge in [0.15, 0.2) is 0 Å². The molecule has 2 heterocycles. The molecule has 4 rings (SSSR count). The van der Waals surface area contributed by atoms with Crippen molar-refractivity contribution in [3.63, 3.8) is 0 Å². The second kappa shape index (κ2) is 8.56. The molecular formula is C23H27ClN4O. The first-order chi connectivity index (χ1) is 14.0. The van der Waals surface area contributed by atoms with Gasteiger partial charge in [0.2, 0.25) is 5.91 Å². The Bertz CT molecular complexity index is 1010. The van der Waals surface area contributed by atoms with Crippen molar-refractivity contribution < 1.29 is 4.79 Å². The van der Waals surface area contributed by atoms with Gasteiger partial charge in [-0.05, 0) is 57.5 Å². The van der Waals surface area contributed by atoms with Gasteiger partial charge >= 0.3 is 0 Å². The highest BCUT2D eigenvalue weighted by Gasteiger charge is 2.31. The van der Waals surface area contributed by atoms with Crippen LogP contribution in [-0.4, -0.2) is 33.4 Å². The van der Waals surface area contributed by atoms with Crippen molar-refractivity contribution in [3.8, 4) is 0 Å². The smallest absolute Gasteiger partial charge is 0.225 e. The molecule has 1 aliphatic rings. The van der Waals surface area contributed by atoms with Crippen LogP contribution in [0.25, 0.3) is 11.0 Å². The molecule has 29 heavy (non-hydrogen) atoms. The van der Waals surface area contributed by atoms with E-state index < -0.39 is 0 Å². The lowest BCUT2D eigenvalue weighted by molar-refractivity contribution is -0.116. The van der Waals surface area contributed by atoms with E-state index in [-0.39, 0.29) is 11.9 Å². The lowest BCUT2D eigenvalue weighted by Crippen LogP contribution is -2.29. The minimum Gasteiger partial charge on any atom is -0.325 e. The van der Waals surface area contributed by atoms with Gasteiger partial charge in [0.05, 0.1) is 27.8 Å². The van der Waals surface area contributed by atoms with E-state index in [1.807, 2.05) is 24.3 Å². The Morgan fingerprint density at radius 1 is 1.21 bits per heavy atom. The van der Waals surface area contributed by atoms with Gasteiger partial charge in [0, 0.05) is 19.0 Å². The average molecular weight is 411 g/mol. The van der Waals surface area contributed by atoms with E-state index >= 15 is 0 Å². The van der Waals surface area contributed by atoms with Crippen LogP contribution in [0.2, 0.25) is 5.02 Å². The molecule has 0 aliphatic carbocycles. The number of nitrogens with zero attached hydrogens (tertiary/aromatic N) is 3. The molecule has 2 aromatic carbocycles. The molecule has 1 saturated heterocycles. The van der Waals surface area contributed by atoms with E-state index in [4.69, 9.17) is 16.6 Å². The monoisotopic (exact) mass is 410 g/mol. The van der Waals surface area contributed by atoms with E-state index in [9.17, 15) is 4.79 Å². The van der Waals surface area contributed by atoms with Gasteiger partial charge in [0.1, 0.15) is 5.82 Å². The molecule has 0 radical (unpaired) electrons. The van der Waals surface area contributed by atoms with Crippen molar-refractivity contribution in [1.29, 1.82) is 0 Å². The fraction of sp³-hybridized carbons (Fsp3) is 0.391. The molecular weight excluding hydrogens is 384 g/mol. The molecule has 0 saturated carbocycles. The second-order valence-electron chi connectivity index (χ2n) is 7.89. The molecule has 1 atom stereocenters. The third kappa shape index (κ3) is 4.16. The summed E-state index contributed by atoms with van der Waals surface area (Å²) in [5.41, 5.74) is 2.89. The maximum absolute atomic E-state index is 12.5. The lowest BCUT2D eigenvalue weighted by Gasteiger charge is -2.26. The maximum atomic E-state index is 12.5. The Balaban J connectivity index is 1.49. The molecule has 0 unspecified atom stereocenters. The minimum atomic E-state index is -0.0129. The summed E-state index contributed by atoms with van der Waals surface area (Å²) in [6.07, 6.45) is 2.63.